The first-order valence-corrected chi connectivity index (χ1v) is 5.45. The lowest BCUT2D eigenvalue weighted by Gasteiger charge is -2.15. The van der Waals surface area contributed by atoms with Gasteiger partial charge < -0.3 is 9.75 Å². The van der Waals surface area contributed by atoms with E-state index in [1.807, 2.05) is 6.92 Å². The van der Waals surface area contributed by atoms with Crippen LogP contribution in [0.3, 0.4) is 0 Å². The van der Waals surface area contributed by atoms with Gasteiger partial charge in [-0.2, -0.15) is 0 Å². The predicted molar refractivity (Wildman–Crippen MR) is 68.0 cm³/mol. The fourth-order valence-corrected chi connectivity index (χ4v) is 1.59. The highest BCUT2D eigenvalue weighted by molar-refractivity contribution is 5.51. The number of halogens is 1. The molecule has 0 saturated heterocycles. The smallest absolute Gasteiger partial charge is 0.219 e. The fraction of sp³-hybridized carbons (Fsp3) is 0.154. The zero-order valence-corrected chi connectivity index (χ0v) is 10.2. The molecule has 0 saturated carbocycles. The molecule has 0 aliphatic rings. The molecule has 5 heteroatoms. The van der Waals surface area contributed by atoms with Crippen LogP contribution in [0, 0.1) is 12.7 Å². The lowest BCUT2D eigenvalue weighted by Crippen LogP contribution is -2.25. The Morgan fingerprint density at radius 2 is 2.06 bits per heavy atom. The average molecular weight is 247 g/mol. The number of ether oxygens (including phenoxy) is 1. The molecule has 0 radical (unpaired) electrons. The van der Waals surface area contributed by atoms with Crippen LogP contribution in [-0.4, -0.2) is 12.0 Å². The molecule has 0 fully saturated rings. The number of benzene rings is 1. The second kappa shape index (κ2) is 5.01. The van der Waals surface area contributed by atoms with E-state index in [4.69, 9.17) is 10.6 Å². The lowest BCUT2D eigenvalue weighted by atomic mass is 10.2. The molecular weight excluding hydrogens is 233 g/mol. The van der Waals surface area contributed by atoms with E-state index >= 15 is 0 Å². The number of anilines is 1. The zero-order valence-electron chi connectivity index (χ0n) is 10.2. The van der Waals surface area contributed by atoms with Crippen LogP contribution in [0.4, 0.5) is 10.1 Å². The van der Waals surface area contributed by atoms with Crippen LogP contribution in [0.25, 0.3) is 0 Å². The van der Waals surface area contributed by atoms with Gasteiger partial charge in [0.05, 0.1) is 11.9 Å². The summed E-state index contributed by atoms with van der Waals surface area (Å²) >= 11 is 0. The molecule has 4 nitrogen and oxygen atoms in total. The van der Waals surface area contributed by atoms with Crippen LogP contribution in [0.15, 0.2) is 36.5 Å². The number of hydrogen-bond acceptors (Lipinski definition) is 4. The second-order valence-corrected chi connectivity index (χ2v) is 3.95. The minimum Gasteiger partial charge on any atom is -0.436 e. The number of nitrogens with two attached hydrogens (primary N) is 1. The van der Waals surface area contributed by atoms with Gasteiger partial charge in [0.2, 0.25) is 5.88 Å². The Hall–Kier alpha value is -2.14. The summed E-state index contributed by atoms with van der Waals surface area (Å²) in [5, 5.41) is 1.47. The van der Waals surface area contributed by atoms with Gasteiger partial charge >= 0.3 is 0 Å². The number of hydrogen-bond donors (Lipinski definition) is 1. The van der Waals surface area contributed by atoms with E-state index in [9.17, 15) is 4.39 Å². The van der Waals surface area contributed by atoms with E-state index in [1.165, 1.54) is 11.1 Å². The Bertz CT molecular complexity index is 558. The summed E-state index contributed by atoms with van der Waals surface area (Å²) in [4.78, 5) is 4.09. The summed E-state index contributed by atoms with van der Waals surface area (Å²) in [6, 6.07) is 7.91. The van der Waals surface area contributed by atoms with E-state index in [2.05, 4.69) is 4.98 Å². The number of hydrazine groups is 1. The summed E-state index contributed by atoms with van der Waals surface area (Å²) in [5.74, 6) is 5.70. The minimum atomic E-state index is -0.419. The Morgan fingerprint density at radius 1 is 1.33 bits per heavy atom. The third kappa shape index (κ3) is 2.57. The van der Waals surface area contributed by atoms with Gasteiger partial charge in [-0.15, -0.1) is 0 Å². The highest BCUT2D eigenvalue weighted by atomic mass is 19.1. The van der Waals surface area contributed by atoms with Crippen molar-refractivity contribution in [2.24, 2.45) is 5.84 Å². The van der Waals surface area contributed by atoms with E-state index < -0.39 is 5.82 Å². The van der Waals surface area contributed by atoms with Crippen LogP contribution < -0.4 is 15.6 Å². The van der Waals surface area contributed by atoms with Gasteiger partial charge in [-0.3, -0.25) is 0 Å². The number of rotatable bonds is 3. The van der Waals surface area contributed by atoms with Crippen LogP contribution in [-0.2, 0) is 0 Å². The van der Waals surface area contributed by atoms with Crippen molar-refractivity contribution in [2.75, 3.05) is 12.1 Å². The van der Waals surface area contributed by atoms with Crippen molar-refractivity contribution < 1.29 is 9.13 Å². The molecule has 2 N–H and O–H groups in total. The van der Waals surface area contributed by atoms with Gasteiger partial charge in [-0.25, -0.2) is 15.2 Å². The van der Waals surface area contributed by atoms with Crippen molar-refractivity contribution in [3.05, 3.63) is 47.9 Å². The van der Waals surface area contributed by atoms with Gasteiger partial charge in [-0.05, 0) is 24.6 Å². The summed E-state index contributed by atoms with van der Waals surface area (Å²) < 4.78 is 18.8. The molecule has 1 aromatic heterocycles. The summed E-state index contributed by atoms with van der Waals surface area (Å²) in [6.07, 6.45) is 1.59. The largest absolute Gasteiger partial charge is 0.436 e. The molecule has 0 spiro atoms. The first kappa shape index (κ1) is 12.3. The summed E-state index contributed by atoms with van der Waals surface area (Å²) in [6.45, 7) is 1.88. The van der Waals surface area contributed by atoms with Gasteiger partial charge in [-0.1, -0.05) is 12.1 Å². The van der Waals surface area contributed by atoms with Gasteiger partial charge in [0.25, 0.3) is 0 Å². The number of aromatic nitrogens is 1. The molecule has 0 amide bonds. The molecule has 18 heavy (non-hydrogen) atoms. The average Bonchev–Trinajstić information content (AvgIpc) is 2.32. The van der Waals surface area contributed by atoms with Gasteiger partial charge in [0.1, 0.15) is 0 Å². The van der Waals surface area contributed by atoms with Crippen molar-refractivity contribution in [1.82, 2.24) is 4.98 Å². The Labute approximate surface area is 105 Å². The normalized spacial score (nSPS) is 10.2. The number of pyridine rings is 1. The Kier molecular flexibility index (Phi) is 3.43. The van der Waals surface area contributed by atoms with Crippen molar-refractivity contribution in [2.45, 2.75) is 6.92 Å². The Balaban J connectivity index is 2.26. The van der Waals surface area contributed by atoms with Crippen molar-refractivity contribution >= 4 is 5.69 Å². The molecule has 2 aromatic rings. The first-order valence-electron chi connectivity index (χ1n) is 5.45. The van der Waals surface area contributed by atoms with Crippen molar-refractivity contribution in [3.63, 3.8) is 0 Å². The molecule has 1 heterocycles. The summed E-state index contributed by atoms with van der Waals surface area (Å²) in [5.41, 5.74) is 1.69. The molecule has 0 atom stereocenters. The number of nitrogens with zero attached hydrogens (tertiary/aromatic N) is 2. The third-order valence-corrected chi connectivity index (χ3v) is 2.49. The fourth-order valence-electron chi connectivity index (χ4n) is 1.59. The maximum absolute atomic E-state index is 13.4. The monoisotopic (exact) mass is 247 g/mol. The minimum absolute atomic E-state index is 0.151. The molecule has 0 aliphatic heterocycles. The summed E-state index contributed by atoms with van der Waals surface area (Å²) in [7, 11) is 1.72. The van der Waals surface area contributed by atoms with Crippen LogP contribution >= 0.6 is 0 Å². The highest BCUT2D eigenvalue weighted by Crippen LogP contribution is 2.25. The maximum atomic E-state index is 13.4. The Morgan fingerprint density at radius 3 is 2.67 bits per heavy atom. The quantitative estimate of drug-likeness (QED) is 0.669. The predicted octanol–water partition coefficient (Wildman–Crippen LogP) is 2.63. The molecule has 2 rings (SSSR count). The molecule has 0 bridgehead atoms. The molecule has 0 unspecified atom stereocenters. The molecule has 94 valence electrons. The topological polar surface area (TPSA) is 51.4 Å². The number of para-hydroxylation sites is 1. The van der Waals surface area contributed by atoms with E-state index in [0.717, 1.165) is 11.3 Å². The second-order valence-electron chi connectivity index (χ2n) is 3.95. The zero-order chi connectivity index (χ0) is 13.1. The van der Waals surface area contributed by atoms with Crippen molar-refractivity contribution in [1.29, 1.82) is 0 Å². The van der Waals surface area contributed by atoms with Crippen LogP contribution in [0.2, 0.25) is 0 Å². The molecule has 1 aromatic carbocycles. The van der Waals surface area contributed by atoms with E-state index in [1.54, 1.807) is 37.5 Å². The van der Waals surface area contributed by atoms with Gasteiger partial charge in [0.15, 0.2) is 11.6 Å². The molecule has 0 aliphatic carbocycles. The molecular formula is C13H14FN3O. The third-order valence-electron chi connectivity index (χ3n) is 2.49. The standard InChI is InChI=1S/C13H14FN3O/c1-9-7-13(16-8-11(9)17(2)15)18-12-6-4-3-5-10(12)14/h3-8H,15H2,1-2H3. The SMILES string of the molecule is Cc1cc(Oc2ccccc2F)ncc1N(C)N. The van der Waals surface area contributed by atoms with Gasteiger partial charge in [0, 0.05) is 13.1 Å². The first-order chi connectivity index (χ1) is 8.58. The number of aryl methyl sites for hydroxylation is 1. The van der Waals surface area contributed by atoms with Crippen molar-refractivity contribution in [3.8, 4) is 11.6 Å². The van der Waals surface area contributed by atoms with E-state index in [0.29, 0.717) is 5.88 Å². The van der Waals surface area contributed by atoms with E-state index in [-0.39, 0.29) is 5.75 Å². The van der Waals surface area contributed by atoms with Crippen LogP contribution in [0.5, 0.6) is 11.6 Å². The highest BCUT2D eigenvalue weighted by Gasteiger charge is 2.07. The lowest BCUT2D eigenvalue weighted by molar-refractivity contribution is 0.427. The van der Waals surface area contributed by atoms with Crippen LogP contribution in [0.1, 0.15) is 5.56 Å². The maximum Gasteiger partial charge on any atom is 0.219 e.